The molecule has 1 heterocycles. The molecule has 1 aromatic heterocycles. The first-order valence-corrected chi connectivity index (χ1v) is 10.6. The van der Waals surface area contributed by atoms with Gasteiger partial charge in [-0.25, -0.2) is 13.1 Å². The van der Waals surface area contributed by atoms with Crippen molar-refractivity contribution in [2.75, 3.05) is 32.8 Å². The minimum absolute atomic E-state index is 0. The van der Waals surface area contributed by atoms with Crippen LogP contribution in [0.15, 0.2) is 58.7 Å². The molecule has 0 unspecified atom stereocenters. The molecule has 0 saturated carbocycles. The van der Waals surface area contributed by atoms with Gasteiger partial charge in [-0.15, -0.1) is 24.0 Å². The maximum atomic E-state index is 12.1. The molecule has 0 spiro atoms. The fraction of sp³-hybridized carbons (Fsp3) is 0.368. The Morgan fingerprint density at radius 1 is 1.14 bits per heavy atom. The van der Waals surface area contributed by atoms with Crippen molar-refractivity contribution < 1.29 is 13.2 Å². The number of aromatic nitrogens is 1. The Kier molecular flexibility index (Phi) is 11.5. The van der Waals surface area contributed by atoms with Crippen molar-refractivity contribution in [2.24, 2.45) is 4.99 Å². The van der Waals surface area contributed by atoms with Crippen molar-refractivity contribution in [3.63, 3.8) is 0 Å². The number of sulfonamides is 1. The summed E-state index contributed by atoms with van der Waals surface area (Å²) in [4.78, 5) is 8.32. The van der Waals surface area contributed by atoms with Crippen molar-refractivity contribution in [1.82, 2.24) is 20.3 Å². The molecule has 10 heteroatoms. The lowest BCUT2D eigenvalue weighted by molar-refractivity contribution is 0.322. The van der Waals surface area contributed by atoms with E-state index in [1.165, 1.54) is 24.0 Å². The van der Waals surface area contributed by atoms with Crippen LogP contribution < -0.4 is 20.1 Å². The molecule has 29 heavy (non-hydrogen) atoms. The fourth-order valence-corrected chi connectivity index (χ4v) is 3.24. The van der Waals surface area contributed by atoms with Gasteiger partial charge in [-0.2, -0.15) is 0 Å². The molecule has 1 aromatic carbocycles. The first-order chi connectivity index (χ1) is 13.5. The van der Waals surface area contributed by atoms with Gasteiger partial charge in [0.2, 0.25) is 10.0 Å². The number of ether oxygens (including phenoxy) is 1. The molecule has 0 aliphatic carbocycles. The Bertz CT molecular complexity index is 846. The third-order valence-electron chi connectivity index (χ3n) is 3.65. The van der Waals surface area contributed by atoms with Gasteiger partial charge >= 0.3 is 0 Å². The topological polar surface area (TPSA) is 105 Å². The number of nitrogens with zero attached hydrogens (tertiary/aromatic N) is 2. The SMILES string of the molecule is CCNC(=NCCNS(=O)(=O)c1cccnc1)NCCOc1ccc(C)cc1.I. The summed E-state index contributed by atoms with van der Waals surface area (Å²) >= 11 is 0. The molecular formula is C19H28IN5O3S. The number of aryl methyl sites for hydroxylation is 1. The average Bonchev–Trinajstić information content (AvgIpc) is 2.70. The van der Waals surface area contributed by atoms with E-state index in [1.807, 2.05) is 38.1 Å². The Hall–Kier alpha value is -1.92. The highest BCUT2D eigenvalue weighted by Gasteiger charge is 2.12. The maximum absolute atomic E-state index is 12.1. The summed E-state index contributed by atoms with van der Waals surface area (Å²) in [6, 6.07) is 10.9. The lowest BCUT2D eigenvalue weighted by atomic mass is 10.2. The van der Waals surface area contributed by atoms with Crippen LogP contribution in [0.2, 0.25) is 0 Å². The van der Waals surface area contributed by atoms with Gasteiger partial charge in [0.25, 0.3) is 0 Å². The largest absolute Gasteiger partial charge is 0.492 e. The highest BCUT2D eigenvalue weighted by Crippen LogP contribution is 2.10. The van der Waals surface area contributed by atoms with E-state index < -0.39 is 10.0 Å². The van der Waals surface area contributed by atoms with Crippen LogP contribution in [0.3, 0.4) is 0 Å². The Labute approximate surface area is 189 Å². The van der Waals surface area contributed by atoms with Gasteiger partial charge in [0.05, 0.1) is 13.1 Å². The molecule has 8 nitrogen and oxygen atoms in total. The number of hydrogen-bond donors (Lipinski definition) is 3. The number of benzene rings is 1. The maximum Gasteiger partial charge on any atom is 0.242 e. The summed E-state index contributed by atoms with van der Waals surface area (Å²) in [5, 5.41) is 6.27. The third kappa shape index (κ3) is 9.41. The van der Waals surface area contributed by atoms with Crippen molar-refractivity contribution >= 4 is 40.0 Å². The lowest BCUT2D eigenvalue weighted by Gasteiger charge is -2.12. The van der Waals surface area contributed by atoms with E-state index in [9.17, 15) is 8.42 Å². The van der Waals surface area contributed by atoms with E-state index in [0.29, 0.717) is 32.2 Å². The quantitative estimate of drug-likeness (QED) is 0.187. The Balaban J connectivity index is 0.00000420. The predicted octanol–water partition coefficient (Wildman–Crippen LogP) is 1.92. The number of aliphatic imine (C=N–C) groups is 1. The second-order valence-corrected chi connectivity index (χ2v) is 7.70. The van der Waals surface area contributed by atoms with Crippen LogP contribution in [0.5, 0.6) is 5.75 Å². The molecule has 0 bridgehead atoms. The van der Waals surface area contributed by atoms with Gasteiger partial charge in [-0.05, 0) is 38.1 Å². The zero-order valence-corrected chi connectivity index (χ0v) is 19.7. The highest BCUT2D eigenvalue weighted by atomic mass is 127. The van der Waals surface area contributed by atoms with Gasteiger partial charge in [0.15, 0.2) is 5.96 Å². The fourth-order valence-electron chi connectivity index (χ4n) is 2.25. The molecule has 0 aliphatic rings. The molecular weight excluding hydrogens is 505 g/mol. The van der Waals surface area contributed by atoms with Gasteiger partial charge in [-0.3, -0.25) is 9.98 Å². The first kappa shape index (κ1) is 25.1. The zero-order chi connectivity index (χ0) is 20.2. The second kappa shape index (κ2) is 13.3. The summed E-state index contributed by atoms with van der Waals surface area (Å²) in [7, 11) is -3.57. The average molecular weight is 533 g/mol. The molecule has 0 fully saturated rings. The van der Waals surface area contributed by atoms with Crippen LogP contribution >= 0.6 is 24.0 Å². The number of halogens is 1. The van der Waals surface area contributed by atoms with Gasteiger partial charge in [0.1, 0.15) is 17.3 Å². The van der Waals surface area contributed by atoms with E-state index in [0.717, 1.165) is 5.75 Å². The summed E-state index contributed by atoms with van der Waals surface area (Å²) in [5.41, 5.74) is 1.19. The molecule has 0 radical (unpaired) electrons. The van der Waals surface area contributed by atoms with Crippen LogP contribution in [0.1, 0.15) is 12.5 Å². The van der Waals surface area contributed by atoms with Gasteiger partial charge < -0.3 is 15.4 Å². The minimum atomic E-state index is -3.57. The second-order valence-electron chi connectivity index (χ2n) is 5.94. The number of nitrogens with one attached hydrogen (secondary N) is 3. The molecule has 0 aliphatic heterocycles. The summed E-state index contributed by atoms with van der Waals surface area (Å²) in [6.45, 7) is 6.24. The van der Waals surface area contributed by atoms with E-state index in [1.54, 1.807) is 6.07 Å². The third-order valence-corrected chi connectivity index (χ3v) is 5.09. The number of pyridine rings is 1. The molecule has 0 amide bonds. The summed E-state index contributed by atoms with van der Waals surface area (Å²) in [6.07, 6.45) is 2.84. The summed E-state index contributed by atoms with van der Waals surface area (Å²) < 4.78 is 32.4. The monoisotopic (exact) mass is 533 g/mol. The minimum Gasteiger partial charge on any atom is -0.492 e. The molecule has 2 rings (SSSR count). The lowest BCUT2D eigenvalue weighted by Crippen LogP contribution is -2.40. The molecule has 160 valence electrons. The summed E-state index contributed by atoms with van der Waals surface area (Å²) in [5.74, 6) is 1.43. The highest BCUT2D eigenvalue weighted by molar-refractivity contribution is 14.0. The Morgan fingerprint density at radius 2 is 1.90 bits per heavy atom. The number of hydrogen-bond acceptors (Lipinski definition) is 5. The van der Waals surface area contributed by atoms with Crippen LogP contribution in [0.25, 0.3) is 0 Å². The van der Waals surface area contributed by atoms with Gasteiger partial charge in [-0.1, -0.05) is 17.7 Å². The normalized spacial score (nSPS) is 11.4. The van der Waals surface area contributed by atoms with E-state index >= 15 is 0 Å². The van der Waals surface area contributed by atoms with Crippen molar-refractivity contribution in [3.8, 4) is 5.75 Å². The van der Waals surface area contributed by atoms with Crippen molar-refractivity contribution in [2.45, 2.75) is 18.7 Å². The van der Waals surface area contributed by atoms with Crippen LogP contribution in [-0.4, -0.2) is 52.1 Å². The van der Waals surface area contributed by atoms with Crippen molar-refractivity contribution in [1.29, 1.82) is 0 Å². The Morgan fingerprint density at radius 3 is 2.55 bits per heavy atom. The molecule has 0 atom stereocenters. The van der Waals surface area contributed by atoms with Crippen LogP contribution in [-0.2, 0) is 10.0 Å². The predicted molar refractivity (Wildman–Crippen MR) is 125 cm³/mol. The zero-order valence-electron chi connectivity index (χ0n) is 16.6. The first-order valence-electron chi connectivity index (χ1n) is 9.12. The van der Waals surface area contributed by atoms with E-state index in [4.69, 9.17) is 4.74 Å². The van der Waals surface area contributed by atoms with Crippen LogP contribution in [0.4, 0.5) is 0 Å². The molecule has 3 N–H and O–H groups in total. The number of guanidine groups is 1. The van der Waals surface area contributed by atoms with Gasteiger partial charge in [0, 0.05) is 25.5 Å². The van der Waals surface area contributed by atoms with Crippen molar-refractivity contribution in [3.05, 3.63) is 54.4 Å². The van der Waals surface area contributed by atoms with Crippen LogP contribution in [0, 0.1) is 6.92 Å². The van der Waals surface area contributed by atoms with E-state index in [-0.39, 0.29) is 35.4 Å². The smallest absolute Gasteiger partial charge is 0.242 e. The van der Waals surface area contributed by atoms with E-state index in [2.05, 4.69) is 25.3 Å². The molecule has 0 saturated heterocycles. The molecule has 2 aromatic rings. The standard InChI is InChI=1S/C19H27N5O3S.HI/c1-3-21-19(23-13-14-27-17-8-6-16(2)7-9-17)22-11-12-24-28(25,26)18-5-4-10-20-15-18;/h4-10,15,24H,3,11-14H2,1-2H3,(H2,21,22,23);1H. The number of rotatable bonds is 10.